The average molecular weight is 514 g/mol. The third-order valence-corrected chi connectivity index (χ3v) is 6.01. The van der Waals surface area contributed by atoms with Crippen LogP contribution in [0.4, 0.5) is 0 Å². The number of ether oxygens (including phenoxy) is 4. The number of amides is 1. The van der Waals surface area contributed by atoms with Gasteiger partial charge in [-0.1, -0.05) is 18.5 Å². The smallest absolute Gasteiger partial charge is 0.339 e. The Balaban J connectivity index is 1.87. The lowest BCUT2D eigenvalue weighted by atomic mass is 10.1. The summed E-state index contributed by atoms with van der Waals surface area (Å²) < 4.78 is 27.0. The summed E-state index contributed by atoms with van der Waals surface area (Å²) in [5.74, 6) is 0.809. The molecule has 35 heavy (non-hydrogen) atoms. The zero-order chi connectivity index (χ0) is 25.5. The summed E-state index contributed by atoms with van der Waals surface area (Å²) in [6, 6.07) is 1.74. The van der Waals surface area contributed by atoms with Gasteiger partial charge in [0.1, 0.15) is 34.9 Å². The summed E-state index contributed by atoms with van der Waals surface area (Å²) in [5, 5.41) is 15.5. The van der Waals surface area contributed by atoms with Gasteiger partial charge in [-0.2, -0.15) is 0 Å². The molecule has 0 saturated heterocycles. The van der Waals surface area contributed by atoms with Crippen LogP contribution in [0, 0.1) is 0 Å². The monoisotopic (exact) mass is 513 g/mol. The highest BCUT2D eigenvalue weighted by Crippen LogP contribution is 2.24. The lowest BCUT2D eigenvalue weighted by Crippen LogP contribution is -2.37. The number of rotatable bonds is 17. The minimum Gasteiger partial charge on any atom is -0.491 e. The van der Waals surface area contributed by atoms with Crippen molar-refractivity contribution >= 4 is 28.4 Å². The molecule has 0 radical (unpaired) electrons. The molecule has 0 aromatic carbocycles. The Hall–Kier alpha value is -2.41. The van der Waals surface area contributed by atoms with E-state index in [1.807, 2.05) is 13.8 Å². The molecule has 1 aliphatic heterocycles. The van der Waals surface area contributed by atoms with Crippen LogP contribution in [0.25, 0.3) is 0 Å². The number of nitrogens with zero attached hydrogens (tertiary/aromatic N) is 2. The second kappa shape index (κ2) is 16.3. The van der Waals surface area contributed by atoms with Gasteiger partial charge in [0, 0.05) is 18.4 Å². The highest BCUT2D eigenvalue weighted by molar-refractivity contribution is 8.16. The van der Waals surface area contributed by atoms with E-state index in [0.29, 0.717) is 74.1 Å². The first-order chi connectivity index (χ1) is 17.0. The van der Waals surface area contributed by atoms with Gasteiger partial charge < -0.3 is 33.9 Å². The van der Waals surface area contributed by atoms with Gasteiger partial charge in [0.05, 0.1) is 45.1 Å². The second-order valence-corrected chi connectivity index (χ2v) is 8.59. The van der Waals surface area contributed by atoms with Gasteiger partial charge in [0.2, 0.25) is 5.91 Å². The van der Waals surface area contributed by atoms with Crippen molar-refractivity contribution < 1.29 is 33.4 Å². The van der Waals surface area contributed by atoms with E-state index in [4.69, 9.17) is 28.6 Å². The summed E-state index contributed by atoms with van der Waals surface area (Å²) in [7, 11) is 0. The van der Waals surface area contributed by atoms with Gasteiger partial charge in [-0.05, 0) is 20.3 Å². The van der Waals surface area contributed by atoms with Crippen molar-refractivity contribution in [2.24, 2.45) is 10.1 Å². The van der Waals surface area contributed by atoms with Crippen molar-refractivity contribution in [3.8, 4) is 5.75 Å². The number of nitrogens with one attached hydrogen (secondary N) is 1. The first-order valence-corrected chi connectivity index (χ1v) is 12.7. The highest BCUT2D eigenvalue weighted by Gasteiger charge is 2.29. The van der Waals surface area contributed by atoms with E-state index in [-0.39, 0.29) is 12.5 Å². The summed E-state index contributed by atoms with van der Waals surface area (Å²) in [6.45, 7) is 8.73. The number of hydrogen-bond donors (Lipinski definition) is 2. The van der Waals surface area contributed by atoms with Crippen LogP contribution in [0.1, 0.15) is 45.4 Å². The molecule has 1 aromatic heterocycles. The van der Waals surface area contributed by atoms with E-state index in [0.717, 1.165) is 6.42 Å². The largest absolute Gasteiger partial charge is 0.491 e. The molecule has 1 aromatic rings. The number of thioether (sulfide) groups is 1. The zero-order valence-electron chi connectivity index (χ0n) is 20.5. The van der Waals surface area contributed by atoms with Gasteiger partial charge >= 0.3 is 5.63 Å². The van der Waals surface area contributed by atoms with Gasteiger partial charge in [0.15, 0.2) is 0 Å². The van der Waals surface area contributed by atoms with E-state index in [9.17, 15) is 9.59 Å². The summed E-state index contributed by atoms with van der Waals surface area (Å²) in [5.41, 5.74) is -0.202. The highest BCUT2D eigenvalue weighted by atomic mass is 32.2. The van der Waals surface area contributed by atoms with Crippen LogP contribution in [0.2, 0.25) is 0 Å². The molecule has 0 bridgehead atoms. The number of carbonyl (C=O) groups excluding carboxylic acids is 1. The van der Waals surface area contributed by atoms with E-state index in [1.165, 1.54) is 17.8 Å². The molecule has 12 heteroatoms. The molecule has 0 saturated carbocycles. The van der Waals surface area contributed by atoms with E-state index in [2.05, 4.69) is 15.5 Å². The van der Waals surface area contributed by atoms with E-state index >= 15 is 0 Å². The fraction of sp³-hybridized carbons (Fsp3) is 0.652. The van der Waals surface area contributed by atoms with Crippen LogP contribution in [-0.4, -0.2) is 79.9 Å². The van der Waals surface area contributed by atoms with E-state index in [1.54, 1.807) is 13.0 Å². The first-order valence-electron chi connectivity index (χ1n) is 11.7. The standard InChI is InChI=1S/C23H35N3O8S/c1-4-6-18(24-22(28)19-15-35-23(25-19)16(3)26-29)20-13-17(14-21(27)34-20)33-12-11-32-10-9-31-8-7-30-5-2/h13-14,18-19,29H,4-12,15H2,1-3H3,(H,24,28)/b26-16+/t18-,19?/m1/s1. The van der Waals surface area contributed by atoms with Crippen molar-refractivity contribution in [2.45, 2.75) is 45.7 Å². The van der Waals surface area contributed by atoms with Crippen molar-refractivity contribution in [3.05, 3.63) is 28.3 Å². The molecule has 1 aliphatic rings. The predicted molar refractivity (Wildman–Crippen MR) is 133 cm³/mol. The summed E-state index contributed by atoms with van der Waals surface area (Å²) in [6.07, 6.45) is 1.32. The summed E-state index contributed by atoms with van der Waals surface area (Å²) >= 11 is 1.35. The van der Waals surface area contributed by atoms with Crippen LogP contribution in [0.5, 0.6) is 5.75 Å². The number of hydrogen-bond acceptors (Lipinski definition) is 11. The maximum absolute atomic E-state index is 12.8. The van der Waals surface area contributed by atoms with Crippen LogP contribution in [-0.2, 0) is 19.0 Å². The van der Waals surface area contributed by atoms with Crippen molar-refractivity contribution in [2.75, 3.05) is 52.0 Å². The Morgan fingerprint density at radius 2 is 1.89 bits per heavy atom. The van der Waals surface area contributed by atoms with Gasteiger partial charge in [-0.3, -0.25) is 9.79 Å². The molecule has 11 nitrogen and oxygen atoms in total. The Bertz CT molecular complexity index is 905. The Morgan fingerprint density at radius 1 is 1.20 bits per heavy atom. The maximum Gasteiger partial charge on any atom is 0.339 e. The molecule has 196 valence electrons. The molecule has 2 N–H and O–H groups in total. The molecule has 2 rings (SSSR count). The first kappa shape index (κ1) is 28.8. The van der Waals surface area contributed by atoms with Crippen LogP contribution in [0.15, 0.2) is 31.5 Å². The van der Waals surface area contributed by atoms with Crippen LogP contribution >= 0.6 is 11.8 Å². The van der Waals surface area contributed by atoms with E-state index < -0.39 is 17.7 Å². The van der Waals surface area contributed by atoms with Crippen LogP contribution < -0.4 is 15.7 Å². The van der Waals surface area contributed by atoms with Crippen LogP contribution in [0.3, 0.4) is 0 Å². The lowest BCUT2D eigenvalue weighted by Gasteiger charge is -2.19. The lowest BCUT2D eigenvalue weighted by molar-refractivity contribution is -0.122. The minimum atomic E-state index is -0.613. The fourth-order valence-corrected chi connectivity index (χ4v) is 4.11. The normalized spacial score (nSPS) is 16.7. The second-order valence-electron chi connectivity index (χ2n) is 7.58. The topological polar surface area (TPSA) is 141 Å². The molecule has 0 aliphatic carbocycles. The average Bonchev–Trinajstić information content (AvgIpc) is 3.35. The zero-order valence-corrected chi connectivity index (χ0v) is 21.3. The SMILES string of the molecule is CCC[C@@H](NC(=O)C1CSC(/C(C)=N/O)=N1)c1cc(OCCOCCOCCOCC)cc(=O)o1. The van der Waals surface area contributed by atoms with Gasteiger partial charge in [-0.15, -0.1) is 11.8 Å². The molecule has 2 heterocycles. The van der Waals surface area contributed by atoms with Crippen molar-refractivity contribution in [1.29, 1.82) is 0 Å². The summed E-state index contributed by atoms with van der Waals surface area (Å²) in [4.78, 5) is 29.2. The Morgan fingerprint density at radius 3 is 2.54 bits per heavy atom. The minimum absolute atomic E-state index is 0.245. The molecule has 0 fully saturated rings. The Kier molecular flexibility index (Phi) is 13.4. The quantitative estimate of drug-likeness (QED) is 0.139. The third kappa shape index (κ3) is 10.4. The Labute approximate surface area is 209 Å². The molecular formula is C23H35N3O8S. The van der Waals surface area contributed by atoms with Crippen molar-refractivity contribution in [3.63, 3.8) is 0 Å². The molecule has 1 amide bonds. The number of oxime groups is 1. The molecule has 1 unspecified atom stereocenters. The molecule has 0 spiro atoms. The predicted octanol–water partition coefficient (Wildman–Crippen LogP) is 2.41. The number of aliphatic imine (C=N–C) groups is 1. The van der Waals surface area contributed by atoms with Gasteiger partial charge in [0.25, 0.3) is 0 Å². The number of carbonyl (C=O) groups is 1. The van der Waals surface area contributed by atoms with Crippen molar-refractivity contribution in [1.82, 2.24) is 5.32 Å². The molecule has 2 atom stereocenters. The third-order valence-electron chi connectivity index (χ3n) is 4.86. The molecular weight excluding hydrogens is 478 g/mol. The fourth-order valence-electron chi connectivity index (χ4n) is 3.12. The maximum atomic E-state index is 12.8. The van der Waals surface area contributed by atoms with Gasteiger partial charge in [-0.25, -0.2) is 4.79 Å².